The van der Waals surface area contributed by atoms with Gasteiger partial charge in [0.2, 0.25) is 10.0 Å². The summed E-state index contributed by atoms with van der Waals surface area (Å²) in [4.78, 5) is -0.124. The zero-order valence-electron chi connectivity index (χ0n) is 11.4. The van der Waals surface area contributed by atoms with Crippen LogP contribution in [0.15, 0.2) is 17.0 Å². The number of benzene rings is 1. The molecule has 1 N–H and O–H groups in total. The highest BCUT2D eigenvalue weighted by molar-refractivity contribution is 7.89. The smallest absolute Gasteiger partial charge is 0.244 e. The second-order valence-electron chi connectivity index (χ2n) is 4.36. The molecule has 0 aliphatic heterocycles. The zero-order chi connectivity index (χ0) is 15.5. The summed E-state index contributed by atoms with van der Waals surface area (Å²) in [6.45, 7) is 1.58. The summed E-state index contributed by atoms with van der Waals surface area (Å²) < 4.78 is 31.2. The van der Waals surface area contributed by atoms with Gasteiger partial charge in [-0.2, -0.15) is 4.31 Å². The maximum atomic E-state index is 12.5. The predicted octanol–water partition coefficient (Wildman–Crippen LogP) is 2.14. The molecule has 5 nitrogen and oxygen atoms in total. The maximum Gasteiger partial charge on any atom is 0.244 e. The Morgan fingerprint density at radius 1 is 1.40 bits per heavy atom. The van der Waals surface area contributed by atoms with Crippen LogP contribution in [0.4, 0.5) is 0 Å². The molecule has 0 saturated carbocycles. The summed E-state index contributed by atoms with van der Waals surface area (Å²) in [6, 6.07) is 2.34. The van der Waals surface area contributed by atoms with Crippen LogP contribution in [0.25, 0.3) is 0 Å². The van der Waals surface area contributed by atoms with E-state index in [0.717, 1.165) is 4.31 Å². The Kier molecular flexibility index (Phi) is 6.25. The number of rotatable bonds is 6. The monoisotopic (exact) mass is 341 g/mol. The Labute approximate surface area is 129 Å². The minimum absolute atomic E-state index is 0.0200. The molecule has 114 valence electrons. The van der Waals surface area contributed by atoms with E-state index in [1.807, 2.05) is 0 Å². The average Bonchev–Trinajstić information content (AvgIpc) is 2.40. The SMILES string of the molecule is COCC(C)N(C)S(=O)(=O)c1cc(Cl)cc(CO)c1Cl. The van der Waals surface area contributed by atoms with Crippen LogP contribution in [0.1, 0.15) is 12.5 Å². The molecule has 0 bridgehead atoms. The fourth-order valence-corrected chi connectivity index (χ4v) is 3.90. The van der Waals surface area contributed by atoms with Crippen LogP contribution >= 0.6 is 23.2 Å². The van der Waals surface area contributed by atoms with Crippen molar-refractivity contribution in [1.29, 1.82) is 0 Å². The van der Waals surface area contributed by atoms with Crippen LogP contribution in [-0.2, 0) is 21.4 Å². The van der Waals surface area contributed by atoms with E-state index in [0.29, 0.717) is 0 Å². The van der Waals surface area contributed by atoms with Gasteiger partial charge in [0.1, 0.15) is 4.90 Å². The van der Waals surface area contributed by atoms with Gasteiger partial charge in [-0.15, -0.1) is 0 Å². The van der Waals surface area contributed by atoms with Crippen LogP contribution in [-0.4, -0.2) is 44.6 Å². The Bertz CT molecular complexity index is 577. The standard InChI is InChI=1S/C12H17Cl2NO4S/c1-8(7-19-3)15(2)20(17,18)11-5-10(13)4-9(6-16)12(11)14/h4-5,8,16H,6-7H2,1-3H3. The summed E-state index contributed by atoms with van der Waals surface area (Å²) in [5, 5.41) is 9.37. The molecule has 20 heavy (non-hydrogen) atoms. The first kappa shape index (κ1) is 17.7. The first-order valence-electron chi connectivity index (χ1n) is 5.81. The van der Waals surface area contributed by atoms with Crippen LogP contribution in [0.5, 0.6) is 0 Å². The van der Waals surface area contributed by atoms with Crippen molar-refractivity contribution in [2.75, 3.05) is 20.8 Å². The number of sulfonamides is 1. The van der Waals surface area contributed by atoms with Crippen LogP contribution < -0.4 is 0 Å². The fourth-order valence-electron chi connectivity index (χ4n) is 1.66. The topological polar surface area (TPSA) is 66.8 Å². The Hall–Kier alpha value is -0.370. The summed E-state index contributed by atoms with van der Waals surface area (Å²) >= 11 is 11.9. The highest BCUT2D eigenvalue weighted by Gasteiger charge is 2.28. The molecule has 0 aromatic heterocycles. The van der Waals surface area contributed by atoms with Gasteiger partial charge < -0.3 is 9.84 Å². The number of hydrogen-bond acceptors (Lipinski definition) is 4. The molecular weight excluding hydrogens is 325 g/mol. The van der Waals surface area contributed by atoms with Gasteiger partial charge in [0.05, 0.1) is 18.2 Å². The zero-order valence-corrected chi connectivity index (χ0v) is 13.8. The fraction of sp³-hybridized carbons (Fsp3) is 0.500. The highest BCUT2D eigenvalue weighted by atomic mass is 35.5. The van der Waals surface area contributed by atoms with Gasteiger partial charge >= 0.3 is 0 Å². The van der Waals surface area contributed by atoms with E-state index in [2.05, 4.69) is 0 Å². The molecule has 0 amide bonds. The third-order valence-electron chi connectivity index (χ3n) is 2.94. The number of likely N-dealkylation sites (N-methyl/N-ethyl adjacent to an activating group) is 1. The van der Waals surface area contributed by atoms with E-state index in [-0.39, 0.29) is 39.8 Å². The maximum absolute atomic E-state index is 12.5. The molecule has 1 aromatic carbocycles. The van der Waals surface area contributed by atoms with Crippen LogP contribution in [0.2, 0.25) is 10.0 Å². The quantitative estimate of drug-likeness (QED) is 0.860. The Balaban J connectivity index is 3.32. The van der Waals surface area contributed by atoms with Crippen molar-refractivity contribution in [2.24, 2.45) is 0 Å². The minimum Gasteiger partial charge on any atom is -0.392 e. The van der Waals surface area contributed by atoms with Crippen molar-refractivity contribution < 1.29 is 18.3 Å². The lowest BCUT2D eigenvalue weighted by Gasteiger charge is -2.24. The van der Waals surface area contributed by atoms with E-state index in [1.165, 1.54) is 26.3 Å². The van der Waals surface area contributed by atoms with Gasteiger partial charge in [0, 0.05) is 25.2 Å². The van der Waals surface area contributed by atoms with Crippen molar-refractivity contribution >= 4 is 33.2 Å². The van der Waals surface area contributed by atoms with Crippen molar-refractivity contribution in [3.05, 3.63) is 27.7 Å². The third kappa shape index (κ3) is 3.63. The molecule has 8 heteroatoms. The number of halogens is 2. The molecule has 0 heterocycles. The molecule has 1 aromatic rings. The first-order chi connectivity index (χ1) is 9.25. The Morgan fingerprint density at radius 3 is 2.50 bits per heavy atom. The van der Waals surface area contributed by atoms with E-state index < -0.39 is 10.0 Å². The van der Waals surface area contributed by atoms with Gasteiger partial charge in [-0.25, -0.2) is 8.42 Å². The molecule has 1 unspecified atom stereocenters. The number of ether oxygens (including phenoxy) is 1. The van der Waals surface area contributed by atoms with Crippen molar-refractivity contribution in [1.82, 2.24) is 4.31 Å². The van der Waals surface area contributed by atoms with E-state index in [1.54, 1.807) is 6.92 Å². The Morgan fingerprint density at radius 2 is 2.00 bits per heavy atom. The molecule has 0 fully saturated rings. The average molecular weight is 342 g/mol. The predicted molar refractivity (Wildman–Crippen MR) is 78.7 cm³/mol. The highest BCUT2D eigenvalue weighted by Crippen LogP contribution is 2.31. The van der Waals surface area contributed by atoms with Crippen molar-refractivity contribution in [3.8, 4) is 0 Å². The van der Waals surface area contributed by atoms with E-state index in [4.69, 9.17) is 27.9 Å². The molecule has 0 saturated heterocycles. The lowest BCUT2D eigenvalue weighted by Crippen LogP contribution is -2.38. The number of aliphatic hydroxyl groups excluding tert-OH is 1. The molecule has 1 rings (SSSR count). The van der Waals surface area contributed by atoms with Gasteiger partial charge in [-0.05, 0) is 24.6 Å². The van der Waals surface area contributed by atoms with Crippen LogP contribution in [0.3, 0.4) is 0 Å². The van der Waals surface area contributed by atoms with Gasteiger partial charge in [0.15, 0.2) is 0 Å². The summed E-state index contributed by atoms with van der Waals surface area (Å²) in [5.74, 6) is 0. The number of methoxy groups -OCH3 is 1. The third-order valence-corrected chi connectivity index (χ3v) is 5.71. The van der Waals surface area contributed by atoms with Gasteiger partial charge in [-0.3, -0.25) is 0 Å². The van der Waals surface area contributed by atoms with E-state index in [9.17, 15) is 13.5 Å². The number of hydrogen-bond donors (Lipinski definition) is 1. The lowest BCUT2D eigenvalue weighted by molar-refractivity contribution is 0.149. The number of nitrogens with zero attached hydrogens (tertiary/aromatic N) is 1. The second kappa shape index (κ2) is 7.06. The molecule has 0 spiro atoms. The molecule has 1 atom stereocenters. The van der Waals surface area contributed by atoms with Crippen LogP contribution in [0, 0.1) is 0 Å². The molecule has 0 radical (unpaired) electrons. The summed E-state index contributed by atoms with van der Waals surface area (Å²) in [5.41, 5.74) is 0.269. The minimum atomic E-state index is -3.82. The van der Waals surface area contributed by atoms with Gasteiger partial charge in [0.25, 0.3) is 0 Å². The summed E-state index contributed by atoms with van der Waals surface area (Å²) in [6.07, 6.45) is 0. The molecule has 0 aliphatic rings. The normalized spacial score (nSPS) is 13.8. The second-order valence-corrected chi connectivity index (χ2v) is 7.14. The largest absolute Gasteiger partial charge is 0.392 e. The lowest BCUT2D eigenvalue weighted by atomic mass is 10.2. The number of aliphatic hydroxyl groups is 1. The van der Waals surface area contributed by atoms with E-state index >= 15 is 0 Å². The summed E-state index contributed by atoms with van der Waals surface area (Å²) in [7, 11) is -0.888. The molecule has 0 aliphatic carbocycles. The van der Waals surface area contributed by atoms with Crippen molar-refractivity contribution in [3.63, 3.8) is 0 Å². The first-order valence-corrected chi connectivity index (χ1v) is 8.01. The van der Waals surface area contributed by atoms with Gasteiger partial charge in [-0.1, -0.05) is 23.2 Å². The van der Waals surface area contributed by atoms with Crippen molar-refractivity contribution in [2.45, 2.75) is 24.5 Å². The molecular formula is C12H17Cl2NO4S.